The average Bonchev–Trinajstić information content (AvgIpc) is 2.68. The first-order valence-corrected chi connectivity index (χ1v) is 12.7. The van der Waals surface area contributed by atoms with Crippen LogP contribution < -0.4 is 0 Å². The van der Waals surface area contributed by atoms with Crippen LogP contribution in [-0.4, -0.2) is 11.7 Å². The number of hydrogen-bond acceptors (Lipinski definition) is 1. The Balaban J connectivity index is 3.02. The first kappa shape index (κ1) is 26.7. The highest BCUT2D eigenvalue weighted by Crippen LogP contribution is 2.14. The van der Waals surface area contributed by atoms with Crippen molar-refractivity contribution in [3.05, 3.63) is 12.2 Å². The minimum absolute atomic E-state index is 0.372. The molecule has 0 spiro atoms. The molecule has 1 N–H and O–H groups in total. The molecule has 0 bridgehead atoms. The molecule has 1 heteroatoms. The van der Waals surface area contributed by atoms with E-state index in [0.29, 0.717) is 6.61 Å². The van der Waals surface area contributed by atoms with Crippen LogP contribution in [0.5, 0.6) is 0 Å². The van der Waals surface area contributed by atoms with Crippen LogP contribution in [0.25, 0.3) is 0 Å². The second-order valence-electron chi connectivity index (χ2n) is 8.49. The van der Waals surface area contributed by atoms with Gasteiger partial charge in [-0.3, -0.25) is 0 Å². The summed E-state index contributed by atoms with van der Waals surface area (Å²) in [6, 6.07) is 0. The molecule has 0 radical (unpaired) electrons. The van der Waals surface area contributed by atoms with Crippen LogP contribution in [-0.2, 0) is 0 Å². The number of hydrogen-bond donors (Lipinski definition) is 1. The highest BCUT2D eigenvalue weighted by atomic mass is 16.2. The fourth-order valence-electron chi connectivity index (χ4n) is 3.77. The fourth-order valence-corrected chi connectivity index (χ4v) is 3.77. The fraction of sp³-hybridized carbons (Fsp3) is 0.923. The molecule has 1 nitrogen and oxygen atoms in total. The van der Waals surface area contributed by atoms with Gasteiger partial charge in [0.05, 0.1) is 0 Å². The lowest BCUT2D eigenvalue weighted by Gasteiger charge is -2.03. The van der Waals surface area contributed by atoms with E-state index in [4.69, 9.17) is 5.11 Å². The zero-order chi connectivity index (χ0) is 19.7. The second kappa shape index (κ2) is 25.7. The summed E-state index contributed by atoms with van der Waals surface area (Å²) in [6.45, 7) is 2.65. The van der Waals surface area contributed by atoms with Crippen molar-refractivity contribution in [2.45, 2.75) is 148 Å². The predicted octanol–water partition coefficient (Wildman–Crippen LogP) is 9.14. The molecular formula is C26H52O. The molecule has 0 heterocycles. The third-order valence-electron chi connectivity index (χ3n) is 5.67. The molecule has 27 heavy (non-hydrogen) atoms. The minimum Gasteiger partial charge on any atom is -0.396 e. The lowest BCUT2D eigenvalue weighted by molar-refractivity contribution is 0.282. The van der Waals surface area contributed by atoms with E-state index in [1.165, 1.54) is 135 Å². The Morgan fingerprint density at radius 3 is 1.04 bits per heavy atom. The maximum atomic E-state index is 8.74. The smallest absolute Gasteiger partial charge is 0.0431 e. The van der Waals surface area contributed by atoms with Crippen molar-refractivity contribution in [1.82, 2.24) is 0 Å². The highest BCUT2D eigenvalue weighted by Gasteiger charge is 1.94. The normalized spacial score (nSPS) is 11.6. The van der Waals surface area contributed by atoms with E-state index < -0.39 is 0 Å². The van der Waals surface area contributed by atoms with E-state index in [9.17, 15) is 0 Å². The van der Waals surface area contributed by atoms with Crippen molar-refractivity contribution in [2.24, 2.45) is 0 Å². The average molecular weight is 381 g/mol. The van der Waals surface area contributed by atoms with Gasteiger partial charge in [0.1, 0.15) is 0 Å². The number of unbranched alkanes of at least 4 members (excludes halogenated alkanes) is 20. The van der Waals surface area contributed by atoms with E-state index in [1.807, 2.05) is 0 Å². The lowest BCUT2D eigenvalue weighted by Crippen LogP contribution is -1.85. The second-order valence-corrected chi connectivity index (χ2v) is 8.49. The van der Waals surface area contributed by atoms with Gasteiger partial charge in [0.25, 0.3) is 0 Å². The topological polar surface area (TPSA) is 20.2 Å². The molecular weight excluding hydrogens is 328 g/mol. The Morgan fingerprint density at radius 1 is 0.407 bits per heavy atom. The van der Waals surface area contributed by atoms with Crippen LogP contribution in [0.2, 0.25) is 0 Å². The van der Waals surface area contributed by atoms with Gasteiger partial charge in [-0.15, -0.1) is 0 Å². The molecule has 0 aliphatic heterocycles. The van der Waals surface area contributed by atoms with Crippen LogP contribution >= 0.6 is 0 Å². The molecule has 0 aromatic heterocycles. The van der Waals surface area contributed by atoms with Crippen LogP contribution in [0.15, 0.2) is 12.2 Å². The van der Waals surface area contributed by atoms with Crippen LogP contribution in [0.3, 0.4) is 0 Å². The molecule has 0 aromatic carbocycles. The van der Waals surface area contributed by atoms with E-state index in [2.05, 4.69) is 19.1 Å². The molecule has 0 aromatic rings. The monoisotopic (exact) mass is 380 g/mol. The summed E-state index contributed by atoms with van der Waals surface area (Å²) in [5.74, 6) is 0. The van der Waals surface area contributed by atoms with Crippen molar-refractivity contribution in [3.63, 3.8) is 0 Å². The largest absolute Gasteiger partial charge is 0.396 e. The zero-order valence-electron chi connectivity index (χ0n) is 18.9. The van der Waals surface area contributed by atoms with Gasteiger partial charge in [0, 0.05) is 6.61 Å². The van der Waals surface area contributed by atoms with E-state index in [1.54, 1.807) is 0 Å². The number of aliphatic hydroxyl groups is 1. The molecule has 0 aliphatic rings. The van der Waals surface area contributed by atoms with Gasteiger partial charge in [-0.05, 0) is 32.1 Å². The predicted molar refractivity (Wildman–Crippen MR) is 123 cm³/mol. The maximum Gasteiger partial charge on any atom is 0.0431 e. The first-order valence-electron chi connectivity index (χ1n) is 12.7. The lowest BCUT2D eigenvalue weighted by atomic mass is 10.0. The van der Waals surface area contributed by atoms with Gasteiger partial charge in [-0.2, -0.15) is 0 Å². The van der Waals surface area contributed by atoms with Gasteiger partial charge in [0.15, 0.2) is 0 Å². The molecule has 0 saturated heterocycles. The molecule has 0 aliphatic carbocycles. The van der Waals surface area contributed by atoms with Gasteiger partial charge in [-0.25, -0.2) is 0 Å². The van der Waals surface area contributed by atoms with Gasteiger partial charge >= 0.3 is 0 Å². The van der Waals surface area contributed by atoms with Gasteiger partial charge in [-0.1, -0.05) is 128 Å². The maximum absolute atomic E-state index is 8.74. The summed E-state index contributed by atoms with van der Waals surface area (Å²) in [4.78, 5) is 0. The van der Waals surface area contributed by atoms with E-state index >= 15 is 0 Å². The molecule has 162 valence electrons. The summed E-state index contributed by atoms with van der Waals surface area (Å²) in [6.07, 6.45) is 35.1. The molecule has 0 rings (SSSR count). The summed E-state index contributed by atoms with van der Waals surface area (Å²) >= 11 is 0. The standard InChI is InChI=1S/C26H52O/c1-2-3-4-5-6-7-8-9-10-11-12-13-14-15-16-17-18-19-20-21-22-23-24-25-26-27/h7-8,27H,2-6,9-26H2,1H3. The summed E-state index contributed by atoms with van der Waals surface area (Å²) in [5.41, 5.74) is 0. The van der Waals surface area contributed by atoms with Gasteiger partial charge < -0.3 is 5.11 Å². The van der Waals surface area contributed by atoms with Crippen LogP contribution in [0.1, 0.15) is 148 Å². The molecule has 0 unspecified atom stereocenters. The van der Waals surface area contributed by atoms with Crippen LogP contribution in [0, 0.1) is 0 Å². The molecule has 0 amide bonds. The van der Waals surface area contributed by atoms with Crippen molar-refractivity contribution in [3.8, 4) is 0 Å². The molecule has 0 fully saturated rings. The Labute approximate surface area is 172 Å². The third-order valence-corrected chi connectivity index (χ3v) is 5.67. The summed E-state index contributed by atoms with van der Waals surface area (Å²) in [7, 11) is 0. The first-order chi connectivity index (χ1) is 13.4. The summed E-state index contributed by atoms with van der Waals surface area (Å²) in [5, 5.41) is 8.74. The highest BCUT2D eigenvalue weighted by molar-refractivity contribution is 4.81. The molecule has 0 saturated carbocycles. The quantitative estimate of drug-likeness (QED) is 0.138. The van der Waals surface area contributed by atoms with Crippen molar-refractivity contribution in [1.29, 1.82) is 0 Å². The number of rotatable bonds is 23. The minimum atomic E-state index is 0.372. The zero-order valence-corrected chi connectivity index (χ0v) is 18.9. The van der Waals surface area contributed by atoms with Gasteiger partial charge in [0.2, 0.25) is 0 Å². The Morgan fingerprint density at radius 2 is 0.704 bits per heavy atom. The Hall–Kier alpha value is -0.300. The van der Waals surface area contributed by atoms with Crippen LogP contribution in [0.4, 0.5) is 0 Å². The van der Waals surface area contributed by atoms with Crippen molar-refractivity contribution in [2.75, 3.05) is 6.61 Å². The Kier molecular flexibility index (Phi) is 25.4. The molecule has 0 atom stereocenters. The number of aliphatic hydroxyl groups excluding tert-OH is 1. The number of allylic oxidation sites excluding steroid dienone is 2. The SMILES string of the molecule is CCCCCCC=CCCCCCCCCCCCCCCCCCCO. The van der Waals surface area contributed by atoms with E-state index in [-0.39, 0.29) is 0 Å². The van der Waals surface area contributed by atoms with Crippen molar-refractivity contribution < 1.29 is 5.11 Å². The summed E-state index contributed by atoms with van der Waals surface area (Å²) < 4.78 is 0. The third kappa shape index (κ3) is 25.7. The Bertz CT molecular complexity index is 271. The van der Waals surface area contributed by atoms with E-state index in [0.717, 1.165) is 6.42 Å². The van der Waals surface area contributed by atoms with Crippen molar-refractivity contribution >= 4 is 0 Å².